The van der Waals surface area contributed by atoms with Gasteiger partial charge in [-0.05, 0) is 29.1 Å². The zero-order chi connectivity index (χ0) is 19.2. The number of nitrogens with two attached hydrogens (primary N) is 1. The first-order valence-electron chi connectivity index (χ1n) is 6.29. The number of rotatable bonds is 5. The normalized spacial score (nSPS) is 12.2. The lowest BCUT2D eigenvalue weighted by molar-refractivity contribution is -0.117. The molecule has 134 valence electrons. The van der Waals surface area contributed by atoms with E-state index in [1.165, 1.54) is 0 Å². The van der Waals surface area contributed by atoms with Crippen LogP contribution < -0.4 is 5.73 Å². The molecule has 0 fully saturated rings. The first-order chi connectivity index (χ1) is 11.4. The number of aromatic hydroxyl groups is 1. The van der Waals surface area contributed by atoms with E-state index in [0.29, 0.717) is 0 Å². The molecule has 0 aliphatic carbocycles. The van der Waals surface area contributed by atoms with Crippen LogP contribution in [0.25, 0.3) is 10.8 Å². The number of carbonyl (C=O) groups is 1. The van der Waals surface area contributed by atoms with Crippen molar-refractivity contribution >= 4 is 42.6 Å². The van der Waals surface area contributed by atoms with Crippen molar-refractivity contribution in [2.24, 2.45) is 10.8 Å². The van der Waals surface area contributed by atoms with Crippen molar-refractivity contribution < 1.29 is 35.8 Å². The minimum Gasteiger partial charge on any atom is -0.505 e. The SMILES string of the molecule is N=Nc1c(S(=O)(=O)O)cc2cc(S(=O)(=O)O)c(CC(N)=O)cc2c1O. The van der Waals surface area contributed by atoms with Gasteiger partial charge in [0.25, 0.3) is 20.2 Å². The fourth-order valence-electron chi connectivity index (χ4n) is 2.29. The summed E-state index contributed by atoms with van der Waals surface area (Å²) in [6.07, 6.45) is -0.599. The van der Waals surface area contributed by atoms with Gasteiger partial charge in [0, 0.05) is 5.39 Å². The van der Waals surface area contributed by atoms with Gasteiger partial charge in [0.1, 0.15) is 10.6 Å². The summed E-state index contributed by atoms with van der Waals surface area (Å²) in [4.78, 5) is 9.44. The van der Waals surface area contributed by atoms with Gasteiger partial charge in [-0.3, -0.25) is 13.9 Å². The van der Waals surface area contributed by atoms with E-state index in [-0.39, 0.29) is 16.3 Å². The molecule has 25 heavy (non-hydrogen) atoms. The summed E-state index contributed by atoms with van der Waals surface area (Å²) in [5.74, 6) is -1.77. The van der Waals surface area contributed by atoms with Crippen LogP contribution in [0.3, 0.4) is 0 Å². The zero-order valence-corrected chi connectivity index (χ0v) is 13.8. The second-order valence-corrected chi connectivity index (χ2v) is 7.74. The predicted octanol–water partition coefficient (Wildman–Crippen LogP) is 0.729. The molecule has 2 rings (SSSR count). The Morgan fingerprint density at radius 3 is 2.04 bits per heavy atom. The van der Waals surface area contributed by atoms with E-state index in [1.54, 1.807) is 0 Å². The van der Waals surface area contributed by atoms with Crippen LogP contribution in [-0.2, 0) is 31.5 Å². The van der Waals surface area contributed by atoms with E-state index in [9.17, 15) is 35.8 Å². The third-order valence-corrected chi connectivity index (χ3v) is 5.07. The molecular formula is C12H11N3O8S2. The summed E-state index contributed by atoms with van der Waals surface area (Å²) in [7, 11) is -9.71. The third-order valence-electron chi connectivity index (χ3n) is 3.26. The number of phenolic OH excluding ortho intramolecular Hbond substituents is 1. The van der Waals surface area contributed by atoms with E-state index < -0.39 is 53.8 Å². The Morgan fingerprint density at radius 1 is 1.08 bits per heavy atom. The summed E-state index contributed by atoms with van der Waals surface area (Å²) in [5, 5.41) is 12.6. The number of hydrogen-bond acceptors (Lipinski definition) is 8. The van der Waals surface area contributed by atoms with E-state index in [2.05, 4.69) is 5.11 Å². The second kappa shape index (κ2) is 6.03. The van der Waals surface area contributed by atoms with Crippen molar-refractivity contribution in [3.63, 3.8) is 0 Å². The largest absolute Gasteiger partial charge is 0.505 e. The monoisotopic (exact) mass is 389 g/mol. The summed E-state index contributed by atoms with van der Waals surface area (Å²) in [6.45, 7) is 0. The molecule has 0 heterocycles. The highest BCUT2D eigenvalue weighted by molar-refractivity contribution is 7.86. The second-order valence-electron chi connectivity index (χ2n) is 4.96. The quantitative estimate of drug-likeness (QED) is 0.362. The first kappa shape index (κ1) is 18.7. The van der Waals surface area contributed by atoms with Crippen LogP contribution in [0.2, 0.25) is 0 Å². The van der Waals surface area contributed by atoms with E-state index in [1.807, 2.05) is 0 Å². The Bertz CT molecular complexity index is 1120. The predicted molar refractivity (Wildman–Crippen MR) is 82.9 cm³/mol. The van der Waals surface area contributed by atoms with Crippen molar-refractivity contribution in [2.45, 2.75) is 16.2 Å². The number of nitrogens with one attached hydrogen (secondary N) is 1. The number of amides is 1. The molecule has 2 aromatic rings. The fourth-order valence-corrected chi connectivity index (χ4v) is 3.69. The highest BCUT2D eigenvalue weighted by atomic mass is 32.2. The van der Waals surface area contributed by atoms with Crippen LogP contribution in [0.15, 0.2) is 33.1 Å². The van der Waals surface area contributed by atoms with Crippen molar-refractivity contribution in [2.75, 3.05) is 0 Å². The van der Waals surface area contributed by atoms with Crippen LogP contribution in [-0.4, -0.2) is 37.0 Å². The smallest absolute Gasteiger partial charge is 0.296 e. The number of nitrogens with zero attached hydrogens (tertiary/aromatic N) is 1. The van der Waals surface area contributed by atoms with Gasteiger partial charge in [-0.25, -0.2) is 5.53 Å². The van der Waals surface area contributed by atoms with Crippen LogP contribution >= 0.6 is 0 Å². The molecular weight excluding hydrogens is 378 g/mol. The van der Waals surface area contributed by atoms with Gasteiger partial charge >= 0.3 is 0 Å². The Kier molecular flexibility index (Phi) is 4.52. The molecule has 0 bridgehead atoms. The minimum absolute atomic E-state index is 0.165. The Labute approximate surface area is 141 Å². The lowest BCUT2D eigenvalue weighted by atomic mass is 10.0. The number of benzene rings is 2. The van der Waals surface area contributed by atoms with Crippen molar-refractivity contribution in [3.05, 3.63) is 23.8 Å². The molecule has 6 N–H and O–H groups in total. The zero-order valence-electron chi connectivity index (χ0n) is 12.2. The summed E-state index contributed by atoms with van der Waals surface area (Å²) in [6, 6.07) is 2.55. The molecule has 0 radical (unpaired) electrons. The van der Waals surface area contributed by atoms with Crippen LogP contribution in [0.5, 0.6) is 5.75 Å². The first-order valence-corrected chi connectivity index (χ1v) is 9.17. The maximum absolute atomic E-state index is 11.5. The molecule has 0 saturated carbocycles. The molecule has 0 saturated heterocycles. The molecule has 0 aromatic heterocycles. The number of primary amides is 1. The molecule has 1 amide bonds. The molecule has 0 aliphatic rings. The maximum Gasteiger partial charge on any atom is 0.296 e. The molecule has 11 nitrogen and oxygen atoms in total. The van der Waals surface area contributed by atoms with E-state index in [4.69, 9.17) is 11.3 Å². The van der Waals surface area contributed by atoms with Crippen LogP contribution in [0, 0.1) is 5.53 Å². The molecule has 0 aliphatic heterocycles. The number of fused-ring (bicyclic) bond motifs is 1. The number of phenols is 1. The minimum atomic E-state index is -4.90. The number of carbonyl (C=O) groups excluding carboxylic acids is 1. The van der Waals surface area contributed by atoms with Crippen molar-refractivity contribution in [3.8, 4) is 5.75 Å². The van der Waals surface area contributed by atoms with Gasteiger partial charge in [-0.15, -0.1) is 0 Å². The van der Waals surface area contributed by atoms with E-state index >= 15 is 0 Å². The Morgan fingerprint density at radius 2 is 1.60 bits per heavy atom. The number of hydrogen-bond donors (Lipinski definition) is 5. The molecule has 0 atom stereocenters. The topological polar surface area (TPSA) is 208 Å². The summed E-state index contributed by atoms with van der Waals surface area (Å²) in [5.41, 5.74) is 11.0. The van der Waals surface area contributed by atoms with Crippen LogP contribution in [0.4, 0.5) is 5.69 Å². The Balaban J connectivity index is 3.03. The fraction of sp³-hybridized carbons (Fsp3) is 0.0833. The summed E-state index contributed by atoms with van der Waals surface area (Å²) < 4.78 is 64.2. The van der Waals surface area contributed by atoms with Gasteiger partial charge in [-0.2, -0.15) is 21.9 Å². The average Bonchev–Trinajstić information content (AvgIpc) is 2.44. The lowest BCUT2D eigenvalue weighted by Gasteiger charge is -2.12. The van der Waals surface area contributed by atoms with Gasteiger partial charge in [0.05, 0.1) is 11.3 Å². The molecule has 0 spiro atoms. The van der Waals surface area contributed by atoms with Crippen molar-refractivity contribution in [1.29, 1.82) is 5.53 Å². The Hall–Kier alpha value is -2.61. The lowest BCUT2D eigenvalue weighted by Crippen LogP contribution is -2.16. The highest BCUT2D eigenvalue weighted by Crippen LogP contribution is 2.41. The van der Waals surface area contributed by atoms with Gasteiger partial charge in [0.2, 0.25) is 5.91 Å². The van der Waals surface area contributed by atoms with Crippen LogP contribution in [0.1, 0.15) is 5.56 Å². The van der Waals surface area contributed by atoms with Crippen molar-refractivity contribution in [1.82, 2.24) is 0 Å². The highest BCUT2D eigenvalue weighted by Gasteiger charge is 2.25. The molecule has 13 heteroatoms. The van der Waals surface area contributed by atoms with E-state index in [0.717, 1.165) is 18.2 Å². The van der Waals surface area contributed by atoms with Gasteiger partial charge in [-0.1, -0.05) is 0 Å². The molecule has 2 aromatic carbocycles. The molecule has 0 unspecified atom stereocenters. The van der Waals surface area contributed by atoms with Gasteiger partial charge in [0.15, 0.2) is 5.75 Å². The standard InChI is InChI=1S/C12H11N3O8S2/c13-10(16)4-6-1-7-5(2-8(6)24(18,19)20)3-9(25(21,22)23)11(15-14)12(7)17/h1-3,14,17H,4H2,(H2,13,16)(H,18,19,20)(H,21,22,23). The third kappa shape index (κ3) is 3.58. The average molecular weight is 389 g/mol. The van der Waals surface area contributed by atoms with Gasteiger partial charge < -0.3 is 10.8 Å². The summed E-state index contributed by atoms with van der Waals surface area (Å²) >= 11 is 0. The maximum atomic E-state index is 11.5.